The molecule has 2 aliphatic rings. The third-order valence-corrected chi connectivity index (χ3v) is 8.43. The number of amides is 2. The van der Waals surface area contributed by atoms with E-state index >= 15 is 0 Å². The first-order valence-corrected chi connectivity index (χ1v) is 13.0. The SMILES string of the molecule is CC(=O)N1CCC(C(=O)N2C[C@@H](c3ccc(-c4c(C)noc4C)cc3)[C@@](C)(c3ccc(F)cc3)C2)CC1. The predicted molar refractivity (Wildman–Crippen MR) is 139 cm³/mol. The van der Waals surface area contributed by atoms with E-state index in [2.05, 4.69) is 36.3 Å². The average molecular weight is 504 g/mol. The van der Waals surface area contributed by atoms with E-state index in [4.69, 9.17) is 4.52 Å². The van der Waals surface area contributed by atoms with Crippen LogP contribution in [0.3, 0.4) is 0 Å². The third-order valence-electron chi connectivity index (χ3n) is 8.43. The van der Waals surface area contributed by atoms with Crippen LogP contribution in [0, 0.1) is 25.6 Å². The van der Waals surface area contributed by atoms with Crippen molar-refractivity contribution in [2.75, 3.05) is 26.2 Å². The fourth-order valence-corrected chi connectivity index (χ4v) is 6.23. The maximum Gasteiger partial charge on any atom is 0.225 e. The molecule has 3 heterocycles. The first kappa shape index (κ1) is 25.2. The topological polar surface area (TPSA) is 66.7 Å². The number of hydrogen-bond donors (Lipinski definition) is 0. The number of rotatable bonds is 4. The van der Waals surface area contributed by atoms with E-state index in [1.165, 1.54) is 12.1 Å². The molecule has 0 aliphatic carbocycles. The van der Waals surface area contributed by atoms with Gasteiger partial charge in [-0.1, -0.05) is 48.5 Å². The number of piperidine rings is 1. The molecule has 2 fully saturated rings. The maximum absolute atomic E-state index is 13.8. The van der Waals surface area contributed by atoms with Crippen LogP contribution < -0.4 is 0 Å². The van der Waals surface area contributed by atoms with Crippen molar-refractivity contribution >= 4 is 11.8 Å². The van der Waals surface area contributed by atoms with Gasteiger partial charge in [0.2, 0.25) is 11.8 Å². The Hall–Kier alpha value is -3.48. The highest BCUT2D eigenvalue weighted by molar-refractivity contribution is 5.80. The first-order chi connectivity index (χ1) is 17.7. The lowest BCUT2D eigenvalue weighted by atomic mass is 9.71. The van der Waals surface area contributed by atoms with Gasteiger partial charge in [0.1, 0.15) is 11.6 Å². The summed E-state index contributed by atoms with van der Waals surface area (Å²) < 4.78 is 19.1. The molecule has 1 aromatic heterocycles. The van der Waals surface area contributed by atoms with Crippen molar-refractivity contribution in [3.63, 3.8) is 0 Å². The minimum absolute atomic E-state index is 0.0536. The summed E-state index contributed by atoms with van der Waals surface area (Å²) in [5, 5.41) is 4.08. The van der Waals surface area contributed by atoms with Gasteiger partial charge in [-0.15, -0.1) is 0 Å². The first-order valence-electron chi connectivity index (χ1n) is 13.0. The molecule has 0 bridgehead atoms. The summed E-state index contributed by atoms with van der Waals surface area (Å²) in [5.41, 5.74) is 4.71. The molecular formula is C30H34FN3O3. The second-order valence-corrected chi connectivity index (χ2v) is 10.8. The van der Waals surface area contributed by atoms with Crippen LogP contribution in [0.1, 0.15) is 55.2 Å². The van der Waals surface area contributed by atoms with E-state index in [9.17, 15) is 14.0 Å². The molecule has 37 heavy (non-hydrogen) atoms. The zero-order valence-corrected chi connectivity index (χ0v) is 22.0. The van der Waals surface area contributed by atoms with Gasteiger partial charge in [0.05, 0.1) is 5.69 Å². The highest BCUT2D eigenvalue weighted by Gasteiger charge is 2.47. The zero-order valence-electron chi connectivity index (χ0n) is 22.0. The third kappa shape index (κ3) is 4.67. The lowest BCUT2D eigenvalue weighted by molar-refractivity contribution is -0.139. The van der Waals surface area contributed by atoms with Crippen LogP contribution in [0.2, 0.25) is 0 Å². The van der Waals surface area contributed by atoms with Crippen LogP contribution in [0.25, 0.3) is 11.1 Å². The van der Waals surface area contributed by atoms with Gasteiger partial charge in [-0.2, -0.15) is 0 Å². The van der Waals surface area contributed by atoms with E-state index in [1.54, 1.807) is 6.92 Å². The highest BCUT2D eigenvalue weighted by atomic mass is 19.1. The number of aromatic nitrogens is 1. The Labute approximate surface area is 217 Å². The summed E-state index contributed by atoms with van der Waals surface area (Å²) in [5.74, 6) is 0.722. The summed E-state index contributed by atoms with van der Waals surface area (Å²) in [7, 11) is 0. The molecule has 0 saturated carbocycles. The van der Waals surface area contributed by atoms with Gasteiger partial charge < -0.3 is 14.3 Å². The number of likely N-dealkylation sites (tertiary alicyclic amines) is 2. The summed E-state index contributed by atoms with van der Waals surface area (Å²) in [6, 6.07) is 15.1. The second kappa shape index (κ2) is 9.77. The van der Waals surface area contributed by atoms with Crippen molar-refractivity contribution in [2.45, 2.75) is 51.9 Å². The minimum Gasteiger partial charge on any atom is -0.361 e. The molecule has 2 saturated heterocycles. The van der Waals surface area contributed by atoms with Gasteiger partial charge in [-0.05, 0) is 55.5 Å². The summed E-state index contributed by atoms with van der Waals surface area (Å²) in [6.07, 6.45) is 1.39. The van der Waals surface area contributed by atoms with E-state index in [0.717, 1.165) is 33.7 Å². The predicted octanol–water partition coefficient (Wildman–Crippen LogP) is 5.24. The van der Waals surface area contributed by atoms with Crippen molar-refractivity contribution in [3.8, 4) is 11.1 Å². The Kier molecular flexibility index (Phi) is 6.65. The number of carbonyl (C=O) groups is 2. The molecule has 2 aromatic carbocycles. The Bertz CT molecular complexity index is 1270. The minimum atomic E-state index is -0.367. The lowest BCUT2D eigenvalue weighted by Crippen LogP contribution is -2.43. The van der Waals surface area contributed by atoms with Crippen LogP contribution in [-0.2, 0) is 15.0 Å². The van der Waals surface area contributed by atoms with Crippen molar-refractivity contribution in [3.05, 3.63) is 76.9 Å². The maximum atomic E-state index is 13.8. The molecule has 6 nitrogen and oxygen atoms in total. The van der Waals surface area contributed by atoms with E-state index in [0.29, 0.717) is 39.0 Å². The zero-order chi connectivity index (χ0) is 26.3. The van der Waals surface area contributed by atoms with Gasteiger partial charge >= 0.3 is 0 Å². The van der Waals surface area contributed by atoms with Gasteiger partial charge in [-0.3, -0.25) is 9.59 Å². The summed E-state index contributed by atoms with van der Waals surface area (Å²) in [6.45, 7) is 10.0. The largest absolute Gasteiger partial charge is 0.361 e. The van der Waals surface area contributed by atoms with Crippen molar-refractivity contribution in [2.24, 2.45) is 5.92 Å². The number of halogens is 1. The number of nitrogens with zero attached hydrogens (tertiary/aromatic N) is 3. The Morgan fingerprint density at radius 1 is 1.00 bits per heavy atom. The monoisotopic (exact) mass is 503 g/mol. The van der Waals surface area contributed by atoms with Crippen molar-refractivity contribution in [1.29, 1.82) is 0 Å². The number of hydrogen-bond acceptors (Lipinski definition) is 4. The van der Waals surface area contributed by atoms with Crippen LogP contribution in [0.4, 0.5) is 4.39 Å². The van der Waals surface area contributed by atoms with Crippen molar-refractivity contribution < 1.29 is 18.5 Å². The number of benzene rings is 2. The summed E-state index contributed by atoms with van der Waals surface area (Å²) >= 11 is 0. The number of aryl methyl sites for hydroxylation is 2. The number of carbonyl (C=O) groups excluding carboxylic acids is 2. The molecule has 2 atom stereocenters. The van der Waals surface area contributed by atoms with Gasteiger partial charge in [0, 0.05) is 55.9 Å². The average Bonchev–Trinajstić information content (AvgIpc) is 3.43. The molecule has 194 valence electrons. The Balaban J connectivity index is 1.43. The highest BCUT2D eigenvalue weighted by Crippen LogP contribution is 2.46. The normalized spacial score (nSPS) is 22.5. The van der Waals surface area contributed by atoms with E-state index in [-0.39, 0.29) is 34.9 Å². The molecule has 2 aliphatic heterocycles. The Morgan fingerprint density at radius 2 is 1.65 bits per heavy atom. The molecule has 0 N–H and O–H groups in total. The summed E-state index contributed by atoms with van der Waals surface area (Å²) in [4.78, 5) is 29.2. The molecule has 7 heteroatoms. The molecule has 5 rings (SSSR count). The van der Waals surface area contributed by atoms with E-state index in [1.807, 2.05) is 35.8 Å². The fourth-order valence-electron chi connectivity index (χ4n) is 6.23. The molecule has 2 amide bonds. The Morgan fingerprint density at radius 3 is 2.22 bits per heavy atom. The second-order valence-electron chi connectivity index (χ2n) is 10.8. The molecule has 0 spiro atoms. The van der Waals surface area contributed by atoms with Crippen LogP contribution >= 0.6 is 0 Å². The molecule has 0 radical (unpaired) electrons. The van der Waals surface area contributed by atoms with Crippen molar-refractivity contribution in [1.82, 2.24) is 15.0 Å². The van der Waals surface area contributed by atoms with Gasteiger partial charge in [0.25, 0.3) is 0 Å². The molecule has 3 aromatic rings. The van der Waals surface area contributed by atoms with Crippen LogP contribution in [-0.4, -0.2) is 52.9 Å². The quantitative estimate of drug-likeness (QED) is 0.488. The smallest absolute Gasteiger partial charge is 0.225 e. The van der Waals surface area contributed by atoms with Crippen LogP contribution in [0.15, 0.2) is 53.1 Å². The van der Waals surface area contributed by atoms with Gasteiger partial charge in [-0.25, -0.2) is 4.39 Å². The molecule has 0 unspecified atom stereocenters. The fraction of sp³-hybridized carbons (Fsp3) is 0.433. The van der Waals surface area contributed by atoms with Gasteiger partial charge in [0.15, 0.2) is 0 Å². The molecular weight excluding hydrogens is 469 g/mol. The van der Waals surface area contributed by atoms with E-state index < -0.39 is 0 Å². The van der Waals surface area contributed by atoms with Crippen LogP contribution in [0.5, 0.6) is 0 Å². The lowest BCUT2D eigenvalue weighted by Gasteiger charge is -2.33. The standard InChI is InChI=1S/C30H34FN3O3/c1-19-28(20(2)37-32-19)23-7-5-22(6-8-23)27-17-34(18-30(27,4)25-9-11-26(31)12-10-25)29(36)24-13-15-33(16-14-24)21(3)35/h5-12,24,27H,13-18H2,1-4H3/t27-,30+/m0/s1.